The lowest BCUT2D eigenvalue weighted by Gasteiger charge is -2.10. The second-order valence-electron chi connectivity index (χ2n) is 7.17. The molecule has 0 atom stereocenters. The molecule has 0 aliphatic rings. The number of oxazole rings is 1. The molecule has 0 fully saturated rings. The molecule has 2 aromatic heterocycles. The van der Waals surface area contributed by atoms with Crippen LogP contribution >= 0.6 is 0 Å². The van der Waals surface area contributed by atoms with E-state index in [-0.39, 0.29) is 5.56 Å². The number of hydrogen-bond acceptors (Lipinski definition) is 5. The Labute approximate surface area is 185 Å². The molecule has 7 nitrogen and oxygen atoms in total. The number of rotatable bonds is 7. The van der Waals surface area contributed by atoms with Crippen LogP contribution in [0.15, 0.2) is 76.2 Å². The number of anilines is 2. The fourth-order valence-corrected chi connectivity index (χ4v) is 3.28. The Morgan fingerprint density at radius 1 is 1.19 bits per heavy atom. The van der Waals surface area contributed by atoms with Gasteiger partial charge >= 0.3 is 0 Å². The summed E-state index contributed by atoms with van der Waals surface area (Å²) in [5.74, 6) is 0.525. The van der Waals surface area contributed by atoms with Gasteiger partial charge in [0.1, 0.15) is 0 Å². The van der Waals surface area contributed by atoms with E-state index in [2.05, 4.69) is 15.1 Å². The van der Waals surface area contributed by atoms with Gasteiger partial charge in [0.2, 0.25) is 5.69 Å². The number of nitrogens with zero attached hydrogens (tertiary/aromatic N) is 3. The Kier molecular flexibility index (Phi) is 6.15. The molecular weight excluding hydrogens is 404 g/mol. The standard InChI is InChI=1S/C25H22N4O3/c1-4-31-16-18-9-8-17(2)21(13-18)28-25-27-15-23(32-25)19-10-11-20(26-3)22(14-19)29-12-6-5-7-24(29)30/h5-15H,4,16H2,1-2H3,(H,27,28). The highest BCUT2D eigenvalue weighted by molar-refractivity contribution is 5.71. The molecule has 0 amide bonds. The highest BCUT2D eigenvalue weighted by atomic mass is 16.5. The summed E-state index contributed by atoms with van der Waals surface area (Å²) in [5.41, 5.74) is 4.37. The molecule has 2 aromatic carbocycles. The minimum atomic E-state index is -0.211. The summed E-state index contributed by atoms with van der Waals surface area (Å²) in [7, 11) is 0. The predicted octanol–water partition coefficient (Wildman–Crippen LogP) is 5.63. The van der Waals surface area contributed by atoms with Crippen LogP contribution < -0.4 is 10.9 Å². The average Bonchev–Trinajstić information content (AvgIpc) is 3.28. The summed E-state index contributed by atoms with van der Waals surface area (Å²) < 4.78 is 12.9. The van der Waals surface area contributed by atoms with Gasteiger partial charge in [-0.25, -0.2) is 9.83 Å². The zero-order chi connectivity index (χ0) is 22.5. The normalized spacial score (nSPS) is 10.7. The lowest BCUT2D eigenvalue weighted by atomic mass is 10.1. The zero-order valence-corrected chi connectivity index (χ0v) is 17.8. The topological polar surface area (TPSA) is 73.7 Å². The van der Waals surface area contributed by atoms with Crippen molar-refractivity contribution >= 4 is 17.4 Å². The van der Waals surface area contributed by atoms with Gasteiger partial charge in [0.05, 0.1) is 25.1 Å². The van der Waals surface area contributed by atoms with Crippen molar-refractivity contribution in [2.45, 2.75) is 20.5 Å². The highest BCUT2D eigenvalue weighted by Crippen LogP contribution is 2.31. The quantitative estimate of drug-likeness (QED) is 0.388. The number of benzene rings is 2. The number of nitrogens with one attached hydrogen (secondary N) is 1. The molecular formula is C25H22N4O3. The maximum absolute atomic E-state index is 12.3. The summed E-state index contributed by atoms with van der Waals surface area (Å²) in [6.07, 6.45) is 3.26. The molecule has 4 aromatic rings. The summed E-state index contributed by atoms with van der Waals surface area (Å²) in [4.78, 5) is 20.2. The third kappa shape index (κ3) is 4.46. The first-order valence-electron chi connectivity index (χ1n) is 10.2. The molecule has 160 valence electrons. The molecule has 0 saturated carbocycles. The minimum absolute atomic E-state index is 0.211. The van der Waals surface area contributed by atoms with E-state index in [1.165, 1.54) is 10.6 Å². The van der Waals surface area contributed by atoms with Crippen LogP contribution in [0.2, 0.25) is 0 Å². The molecule has 2 heterocycles. The molecule has 1 N–H and O–H groups in total. The largest absolute Gasteiger partial charge is 0.423 e. The molecule has 32 heavy (non-hydrogen) atoms. The number of hydrogen-bond donors (Lipinski definition) is 1. The first kappa shape index (κ1) is 21.1. The van der Waals surface area contributed by atoms with Crippen molar-refractivity contribution in [3.63, 3.8) is 0 Å². The predicted molar refractivity (Wildman–Crippen MR) is 124 cm³/mol. The number of ether oxygens (including phenoxy) is 1. The maximum atomic E-state index is 12.3. The maximum Gasteiger partial charge on any atom is 0.299 e. The van der Waals surface area contributed by atoms with Crippen LogP contribution in [0.4, 0.5) is 17.4 Å². The van der Waals surface area contributed by atoms with E-state index >= 15 is 0 Å². The first-order valence-corrected chi connectivity index (χ1v) is 10.2. The summed E-state index contributed by atoms with van der Waals surface area (Å²) in [5, 5.41) is 3.22. The minimum Gasteiger partial charge on any atom is -0.423 e. The van der Waals surface area contributed by atoms with E-state index in [0.717, 1.165) is 16.8 Å². The van der Waals surface area contributed by atoms with Crippen LogP contribution in [-0.4, -0.2) is 16.2 Å². The Bertz CT molecular complexity index is 1350. The number of aryl methyl sites for hydroxylation is 1. The summed E-state index contributed by atoms with van der Waals surface area (Å²) in [6, 6.07) is 16.5. The second kappa shape index (κ2) is 9.33. The highest BCUT2D eigenvalue weighted by Gasteiger charge is 2.13. The summed E-state index contributed by atoms with van der Waals surface area (Å²) >= 11 is 0. The van der Waals surface area contributed by atoms with Gasteiger partial charge in [0, 0.05) is 30.1 Å². The van der Waals surface area contributed by atoms with Crippen LogP contribution in [0.3, 0.4) is 0 Å². The van der Waals surface area contributed by atoms with Crippen molar-refractivity contribution in [3.8, 4) is 17.0 Å². The molecule has 0 bridgehead atoms. The van der Waals surface area contributed by atoms with Gasteiger partial charge in [-0.15, -0.1) is 0 Å². The monoisotopic (exact) mass is 426 g/mol. The van der Waals surface area contributed by atoms with E-state index in [1.54, 1.807) is 42.7 Å². The molecule has 0 saturated heterocycles. The summed E-state index contributed by atoms with van der Waals surface area (Å²) in [6.45, 7) is 12.6. The fourth-order valence-electron chi connectivity index (χ4n) is 3.28. The number of pyridine rings is 1. The third-order valence-corrected chi connectivity index (χ3v) is 4.98. The van der Waals surface area contributed by atoms with Crippen LogP contribution in [0.1, 0.15) is 18.1 Å². The van der Waals surface area contributed by atoms with Crippen molar-refractivity contribution in [2.24, 2.45) is 0 Å². The van der Waals surface area contributed by atoms with Crippen molar-refractivity contribution in [1.29, 1.82) is 0 Å². The van der Waals surface area contributed by atoms with Crippen LogP contribution in [0.25, 0.3) is 21.9 Å². The molecule has 4 rings (SSSR count). The average molecular weight is 426 g/mol. The first-order chi connectivity index (χ1) is 15.6. The van der Waals surface area contributed by atoms with Gasteiger partial charge in [0.15, 0.2) is 5.76 Å². The van der Waals surface area contributed by atoms with Gasteiger partial charge in [-0.2, -0.15) is 0 Å². The lowest BCUT2D eigenvalue weighted by molar-refractivity contribution is 0.134. The molecule has 0 radical (unpaired) electrons. The zero-order valence-electron chi connectivity index (χ0n) is 17.8. The van der Waals surface area contributed by atoms with Crippen molar-refractivity contribution in [3.05, 3.63) is 99.9 Å². The van der Waals surface area contributed by atoms with Gasteiger partial charge in [-0.05, 0) is 43.2 Å². The van der Waals surface area contributed by atoms with Gasteiger partial charge in [-0.3, -0.25) is 9.36 Å². The van der Waals surface area contributed by atoms with E-state index in [4.69, 9.17) is 15.7 Å². The molecule has 0 spiro atoms. The molecule has 7 heteroatoms. The third-order valence-electron chi connectivity index (χ3n) is 4.98. The van der Waals surface area contributed by atoms with Crippen LogP contribution in [0.5, 0.6) is 0 Å². The van der Waals surface area contributed by atoms with E-state index in [9.17, 15) is 4.79 Å². The Morgan fingerprint density at radius 2 is 2.06 bits per heavy atom. The smallest absolute Gasteiger partial charge is 0.299 e. The van der Waals surface area contributed by atoms with E-state index < -0.39 is 0 Å². The lowest BCUT2D eigenvalue weighted by Crippen LogP contribution is -2.15. The van der Waals surface area contributed by atoms with Crippen LogP contribution in [-0.2, 0) is 11.3 Å². The van der Waals surface area contributed by atoms with E-state index in [1.807, 2.05) is 32.0 Å². The van der Waals surface area contributed by atoms with Crippen molar-refractivity contribution in [1.82, 2.24) is 9.55 Å². The fraction of sp³-hybridized carbons (Fsp3) is 0.160. The number of aromatic nitrogens is 2. The Hall–Kier alpha value is -4.15. The molecule has 0 aliphatic heterocycles. The van der Waals surface area contributed by atoms with Crippen molar-refractivity contribution < 1.29 is 9.15 Å². The second-order valence-corrected chi connectivity index (χ2v) is 7.17. The van der Waals surface area contributed by atoms with E-state index in [0.29, 0.717) is 41.9 Å². The Balaban J connectivity index is 1.64. The molecule has 0 unspecified atom stereocenters. The van der Waals surface area contributed by atoms with Crippen molar-refractivity contribution in [2.75, 3.05) is 11.9 Å². The van der Waals surface area contributed by atoms with Crippen LogP contribution in [0, 0.1) is 13.5 Å². The van der Waals surface area contributed by atoms with Gasteiger partial charge < -0.3 is 14.5 Å². The van der Waals surface area contributed by atoms with Gasteiger partial charge in [0.25, 0.3) is 11.6 Å². The molecule has 0 aliphatic carbocycles. The Morgan fingerprint density at radius 3 is 2.84 bits per heavy atom. The SMILES string of the molecule is [C-]#[N+]c1ccc(-c2cnc(Nc3cc(COCC)ccc3C)o2)cc1-n1ccccc1=O. The van der Waals surface area contributed by atoms with Gasteiger partial charge in [-0.1, -0.05) is 30.3 Å².